The van der Waals surface area contributed by atoms with Gasteiger partial charge >= 0.3 is 0 Å². The van der Waals surface area contributed by atoms with Crippen molar-refractivity contribution in [3.8, 4) is 11.5 Å². The summed E-state index contributed by atoms with van der Waals surface area (Å²) in [4.78, 5) is 12.9. The monoisotopic (exact) mass is 376 g/mol. The quantitative estimate of drug-likeness (QED) is 0.851. The predicted octanol–water partition coefficient (Wildman–Crippen LogP) is 3.87. The van der Waals surface area contributed by atoms with Crippen LogP contribution in [-0.2, 0) is 4.79 Å². The van der Waals surface area contributed by atoms with Crippen molar-refractivity contribution in [1.82, 2.24) is 10.2 Å². The van der Waals surface area contributed by atoms with Gasteiger partial charge in [0.15, 0.2) is 11.5 Å². The van der Waals surface area contributed by atoms with E-state index in [1.807, 2.05) is 24.3 Å². The molecule has 5 nitrogen and oxygen atoms in total. The van der Waals surface area contributed by atoms with Gasteiger partial charge in [-0.1, -0.05) is 25.0 Å². The Morgan fingerprint density at radius 1 is 0.963 bits per heavy atom. The zero-order chi connectivity index (χ0) is 19.5. The first-order valence-corrected chi connectivity index (χ1v) is 10.3. The predicted molar refractivity (Wildman–Crippen MR) is 109 cm³/mol. The lowest BCUT2D eigenvalue weighted by Crippen LogP contribution is -2.31. The van der Waals surface area contributed by atoms with E-state index in [1.54, 1.807) is 14.2 Å². The number of methoxy groups -OCH3 is 2. The Labute approximate surface area is 164 Å². The highest BCUT2D eigenvalue weighted by Gasteiger charge is 2.32. The van der Waals surface area contributed by atoms with Crippen LogP contribution in [0.3, 0.4) is 0 Å². The number of para-hydroxylation sites is 2. The molecule has 0 aromatic heterocycles. The van der Waals surface area contributed by atoms with Crippen LogP contribution in [0.25, 0.3) is 0 Å². The van der Waals surface area contributed by atoms with E-state index >= 15 is 0 Å². The number of fused-ring (bicyclic) bond motifs is 1. The summed E-state index contributed by atoms with van der Waals surface area (Å²) >= 11 is 0. The molecular weight excluding hydrogens is 340 g/mol. The molecule has 27 heavy (non-hydrogen) atoms. The summed E-state index contributed by atoms with van der Waals surface area (Å²) in [6.45, 7) is 2.24. The molecule has 3 aliphatic rings. The highest BCUT2D eigenvalue weighted by Crippen LogP contribution is 2.34. The van der Waals surface area contributed by atoms with Crippen LogP contribution in [0, 0.1) is 5.92 Å². The number of amides is 1. The minimum absolute atomic E-state index is 0.214. The van der Waals surface area contributed by atoms with Crippen LogP contribution >= 0.6 is 0 Å². The number of rotatable bonds is 2. The van der Waals surface area contributed by atoms with Crippen LogP contribution in [0.2, 0.25) is 0 Å². The van der Waals surface area contributed by atoms with E-state index in [1.165, 1.54) is 38.6 Å². The van der Waals surface area contributed by atoms with Gasteiger partial charge in [-0.3, -0.25) is 4.79 Å². The van der Waals surface area contributed by atoms with Gasteiger partial charge < -0.3 is 19.7 Å². The van der Waals surface area contributed by atoms with Gasteiger partial charge in [-0.25, -0.2) is 0 Å². The third-order valence-electron chi connectivity index (χ3n) is 5.73. The Hall–Kier alpha value is -1.75. The molecule has 1 aliphatic carbocycles. The van der Waals surface area contributed by atoms with E-state index < -0.39 is 0 Å². The Morgan fingerprint density at radius 3 is 2.11 bits per heavy atom. The standard InChI is InChI=1S/C9H17N.C8H10O2.C5H9NO/c1-10-7-6-8-4-2-3-5-9(8)10;1-9-7-5-3-4-6-8(7)10-2;7-5-3-1-2-4-6-5/h8-9H,2-7H2,1H3;3-6H,1-2H3;1-4H2,(H,6,7)/t8?,9-;;/m0../s1. The topological polar surface area (TPSA) is 50.8 Å². The fraction of sp³-hybridized carbons (Fsp3) is 0.682. The van der Waals surface area contributed by atoms with Gasteiger partial charge in [0.25, 0.3) is 0 Å². The summed E-state index contributed by atoms with van der Waals surface area (Å²) in [7, 11) is 5.53. The van der Waals surface area contributed by atoms with E-state index in [0.29, 0.717) is 0 Å². The molecule has 1 aromatic rings. The molecular formula is C22H36N2O3. The maximum Gasteiger partial charge on any atom is 0.219 e. The Balaban J connectivity index is 0.000000148. The minimum Gasteiger partial charge on any atom is -0.493 e. The number of likely N-dealkylation sites (tertiary alicyclic amines) is 1. The molecule has 1 unspecified atom stereocenters. The molecule has 2 atom stereocenters. The molecule has 4 rings (SSSR count). The fourth-order valence-electron chi connectivity index (χ4n) is 4.15. The first kappa shape index (κ1) is 21.5. The molecule has 1 amide bonds. The molecule has 1 N–H and O–H groups in total. The van der Waals surface area contributed by atoms with Crippen molar-refractivity contribution in [1.29, 1.82) is 0 Å². The maximum atomic E-state index is 10.4. The smallest absolute Gasteiger partial charge is 0.219 e. The Morgan fingerprint density at radius 2 is 1.63 bits per heavy atom. The van der Waals surface area contributed by atoms with Gasteiger partial charge in [-0.15, -0.1) is 0 Å². The Bertz CT molecular complexity index is 531. The van der Waals surface area contributed by atoms with Gasteiger partial charge in [0.05, 0.1) is 14.2 Å². The third-order valence-corrected chi connectivity index (χ3v) is 5.73. The summed E-state index contributed by atoms with van der Waals surface area (Å²) in [6, 6.07) is 8.49. The van der Waals surface area contributed by atoms with Crippen LogP contribution in [0.15, 0.2) is 24.3 Å². The Kier molecular flexibility index (Phi) is 9.46. The zero-order valence-electron chi connectivity index (χ0n) is 17.2. The molecule has 1 aromatic carbocycles. The second-order valence-corrected chi connectivity index (χ2v) is 7.54. The number of hydrogen-bond acceptors (Lipinski definition) is 4. The normalized spacial score (nSPS) is 24.3. The largest absolute Gasteiger partial charge is 0.493 e. The number of piperidine rings is 1. The van der Waals surface area contributed by atoms with Crippen molar-refractivity contribution in [2.75, 3.05) is 34.4 Å². The van der Waals surface area contributed by atoms with E-state index in [2.05, 4.69) is 17.3 Å². The number of carbonyl (C=O) groups excluding carboxylic acids is 1. The third kappa shape index (κ3) is 7.06. The van der Waals surface area contributed by atoms with Gasteiger partial charge in [0.2, 0.25) is 5.91 Å². The van der Waals surface area contributed by atoms with Crippen molar-refractivity contribution >= 4 is 5.91 Å². The van der Waals surface area contributed by atoms with E-state index in [0.717, 1.165) is 49.3 Å². The van der Waals surface area contributed by atoms with Crippen LogP contribution < -0.4 is 14.8 Å². The molecule has 5 heteroatoms. The average Bonchev–Trinajstić information content (AvgIpc) is 3.11. The molecule has 2 heterocycles. The molecule has 0 bridgehead atoms. The van der Waals surface area contributed by atoms with Crippen molar-refractivity contribution in [2.24, 2.45) is 5.92 Å². The molecule has 0 radical (unpaired) electrons. The van der Waals surface area contributed by atoms with Gasteiger partial charge in [0, 0.05) is 19.0 Å². The molecule has 0 spiro atoms. The number of nitrogens with one attached hydrogen (secondary N) is 1. The highest BCUT2D eigenvalue weighted by molar-refractivity contribution is 5.76. The maximum absolute atomic E-state index is 10.4. The van der Waals surface area contributed by atoms with Gasteiger partial charge in [-0.05, 0) is 63.7 Å². The first-order valence-electron chi connectivity index (χ1n) is 10.3. The number of nitrogens with zero attached hydrogens (tertiary/aromatic N) is 1. The highest BCUT2D eigenvalue weighted by atomic mass is 16.5. The second kappa shape index (κ2) is 11.9. The average molecular weight is 377 g/mol. The van der Waals surface area contributed by atoms with E-state index in [-0.39, 0.29) is 5.91 Å². The molecule has 1 saturated carbocycles. The lowest BCUT2D eigenvalue weighted by molar-refractivity contribution is -0.122. The number of hydrogen-bond donors (Lipinski definition) is 1. The van der Waals surface area contributed by atoms with Crippen LogP contribution in [0.4, 0.5) is 0 Å². The zero-order valence-corrected chi connectivity index (χ0v) is 17.2. The number of carbonyl (C=O) groups is 1. The summed E-state index contributed by atoms with van der Waals surface area (Å²) in [5.41, 5.74) is 0. The second-order valence-electron chi connectivity index (χ2n) is 7.54. The fourth-order valence-corrected chi connectivity index (χ4v) is 4.15. The van der Waals surface area contributed by atoms with Crippen molar-refractivity contribution in [3.05, 3.63) is 24.3 Å². The number of ether oxygens (including phenoxy) is 2. The lowest BCUT2D eigenvalue weighted by Gasteiger charge is -2.28. The molecule has 152 valence electrons. The van der Waals surface area contributed by atoms with Crippen molar-refractivity contribution in [2.45, 2.75) is 57.4 Å². The lowest BCUT2D eigenvalue weighted by atomic mass is 9.85. The summed E-state index contributed by atoms with van der Waals surface area (Å²) in [5.74, 6) is 2.82. The summed E-state index contributed by atoms with van der Waals surface area (Å²) < 4.78 is 10.0. The van der Waals surface area contributed by atoms with Crippen LogP contribution in [-0.4, -0.2) is 51.2 Å². The summed E-state index contributed by atoms with van der Waals surface area (Å²) in [6.07, 6.45) is 10.4. The molecule has 2 aliphatic heterocycles. The number of benzene rings is 1. The minimum atomic E-state index is 0.214. The van der Waals surface area contributed by atoms with Crippen molar-refractivity contribution < 1.29 is 14.3 Å². The molecule has 2 saturated heterocycles. The SMILES string of the molecule is CN1CCC2CCCC[C@@H]21.COc1ccccc1OC.O=C1CCCCN1. The first-order chi connectivity index (χ1) is 13.2. The van der Waals surface area contributed by atoms with Crippen LogP contribution in [0.1, 0.15) is 51.4 Å². The van der Waals surface area contributed by atoms with Crippen molar-refractivity contribution in [3.63, 3.8) is 0 Å². The molecule has 3 fully saturated rings. The van der Waals surface area contributed by atoms with Crippen LogP contribution in [0.5, 0.6) is 11.5 Å². The van der Waals surface area contributed by atoms with Gasteiger partial charge in [0.1, 0.15) is 0 Å². The summed E-state index contributed by atoms with van der Waals surface area (Å²) in [5, 5.41) is 2.74. The van der Waals surface area contributed by atoms with E-state index in [9.17, 15) is 4.79 Å². The van der Waals surface area contributed by atoms with Gasteiger partial charge in [-0.2, -0.15) is 0 Å². The van der Waals surface area contributed by atoms with E-state index in [4.69, 9.17) is 9.47 Å².